The van der Waals surface area contributed by atoms with Crippen molar-refractivity contribution in [3.05, 3.63) is 74.4 Å². The molecule has 1 N–H and O–H groups in total. The van der Waals surface area contributed by atoms with Gasteiger partial charge in [0.2, 0.25) is 0 Å². The Kier molecular flexibility index (Phi) is 5.22. The van der Waals surface area contributed by atoms with Crippen molar-refractivity contribution in [1.82, 2.24) is 9.78 Å². The molecule has 0 unspecified atom stereocenters. The maximum Gasteiger partial charge on any atom is 0.269 e. The topological polar surface area (TPSA) is 99.3 Å². The van der Waals surface area contributed by atoms with E-state index in [0.717, 1.165) is 0 Å². The van der Waals surface area contributed by atoms with Crippen molar-refractivity contribution in [3.63, 3.8) is 0 Å². The molecule has 0 aliphatic heterocycles. The van der Waals surface area contributed by atoms with E-state index in [4.69, 9.17) is 4.74 Å². The Balaban J connectivity index is 1.92. The summed E-state index contributed by atoms with van der Waals surface area (Å²) in [5.41, 5.74) is 1.67. The standard InChI is InChI=1S/C18H15BrN4O4/c1-11-9-17(20-18(24)15-10-14(27-2)7-8-16(15)19)22(21-11)12-3-5-13(6-4-12)23(25)26/h3-10H,1-2H3,(H,20,24). The summed E-state index contributed by atoms with van der Waals surface area (Å²) in [7, 11) is 1.53. The van der Waals surface area contributed by atoms with Crippen LogP contribution in [0, 0.1) is 17.0 Å². The van der Waals surface area contributed by atoms with Crippen LogP contribution in [0.5, 0.6) is 5.75 Å². The van der Waals surface area contributed by atoms with E-state index in [1.54, 1.807) is 43.3 Å². The molecule has 138 valence electrons. The molecule has 27 heavy (non-hydrogen) atoms. The van der Waals surface area contributed by atoms with Crippen LogP contribution in [0.2, 0.25) is 0 Å². The first-order chi connectivity index (χ1) is 12.9. The van der Waals surface area contributed by atoms with Crippen molar-refractivity contribution in [2.24, 2.45) is 0 Å². The summed E-state index contributed by atoms with van der Waals surface area (Å²) in [6.45, 7) is 1.79. The normalized spacial score (nSPS) is 10.5. The molecule has 3 rings (SSSR count). The number of carbonyl (C=O) groups is 1. The third-order valence-electron chi connectivity index (χ3n) is 3.80. The van der Waals surface area contributed by atoms with Crippen LogP contribution >= 0.6 is 15.9 Å². The Morgan fingerprint density at radius 1 is 1.22 bits per heavy atom. The van der Waals surface area contributed by atoms with Gasteiger partial charge in [0.25, 0.3) is 11.6 Å². The number of hydrogen-bond acceptors (Lipinski definition) is 5. The Labute approximate surface area is 163 Å². The van der Waals surface area contributed by atoms with Crippen LogP contribution in [-0.4, -0.2) is 27.7 Å². The number of aryl methyl sites for hydroxylation is 1. The maximum atomic E-state index is 12.7. The lowest BCUT2D eigenvalue weighted by Crippen LogP contribution is -2.15. The number of methoxy groups -OCH3 is 1. The molecule has 0 atom stereocenters. The van der Waals surface area contributed by atoms with E-state index in [9.17, 15) is 14.9 Å². The van der Waals surface area contributed by atoms with Gasteiger partial charge in [-0.05, 0) is 53.2 Å². The average Bonchev–Trinajstić information content (AvgIpc) is 3.02. The lowest BCUT2D eigenvalue weighted by atomic mass is 10.2. The van der Waals surface area contributed by atoms with Gasteiger partial charge in [-0.25, -0.2) is 4.68 Å². The minimum atomic E-state index is -0.471. The summed E-state index contributed by atoms with van der Waals surface area (Å²) in [5.74, 6) is 0.660. The number of anilines is 1. The number of nitro benzene ring substituents is 1. The van der Waals surface area contributed by atoms with Crippen molar-refractivity contribution >= 4 is 33.3 Å². The number of rotatable bonds is 5. The monoisotopic (exact) mass is 430 g/mol. The number of non-ortho nitro benzene ring substituents is 1. The van der Waals surface area contributed by atoms with Gasteiger partial charge in [0, 0.05) is 22.7 Å². The van der Waals surface area contributed by atoms with Crippen LogP contribution in [0.25, 0.3) is 5.69 Å². The minimum Gasteiger partial charge on any atom is -0.497 e. The molecular weight excluding hydrogens is 416 g/mol. The smallest absolute Gasteiger partial charge is 0.269 e. The van der Waals surface area contributed by atoms with E-state index in [1.807, 2.05) is 0 Å². The maximum absolute atomic E-state index is 12.7. The molecule has 1 heterocycles. The highest BCUT2D eigenvalue weighted by atomic mass is 79.9. The quantitative estimate of drug-likeness (QED) is 0.484. The van der Waals surface area contributed by atoms with E-state index in [-0.39, 0.29) is 11.6 Å². The fraction of sp³-hybridized carbons (Fsp3) is 0.111. The zero-order valence-electron chi connectivity index (χ0n) is 14.5. The third-order valence-corrected chi connectivity index (χ3v) is 4.49. The van der Waals surface area contributed by atoms with E-state index in [0.29, 0.717) is 33.0 Å². The molecule has 3 aromatic rings. The second-order valence-corrected chi connectivity index (χ2v) is 6.51. The highest BCUT2D eigenvalue weighted by Gasteiger charge is 2.16. The Morgan fingerprint density at radius 3 is 2.56 bits per heavy atom. The van der Waals surface area contributed by atoms with Crippen LogP contribution in [0.3, 0.4) is 0 Å². The van der Waals surface area contributed by atoms with Crippen molar-refractivity contribution in [3.8, 4) is 11.4 Å². The van der Waals surface area contributed by atoms with Gasteiger partial charge in [0.15, 0.2) is 0 Å². The number of benzene rings is 2. The van der Waals surface area contributed by atoms with Crippen LogP contribution in [0.1, 0.15) is 16.1 Å². The molecular formula is C18H15BrN4O4. The number of hydrogen-bond donors (Lipinski definition) is 1. The second-order valence-electron chi connectivity index (χ2n) is 5.66. The van der Waals surface area contributed by atoms with Crippen molar-refractivity contribution < 1.29 is 14.5 Å². The number of nitrogens with zero attached hydrogens (tertiary/aromatic N) is 3. The lowest BCUT2D eigenvalue weighted by Gasteiger charge is -2.10. The first-order valence-corrected chi connectivity index (χ1v) is 8.64. The molecule has 9 heteroatoms. The highest BCUT2D eigenvalue weighted by Crippen LogP contribution is 2.25. The molecule has 0 bridgehead atoms. The minimum absolute atomic E-state index is 0.0199. The van der Waals surface area contributed by atoms with Gasteiger partial charge in [-0.2, -0.15) is 5.10 Å². The predicted molar refractivity (Wildman–Crippen MR) is 104 cm³/mol. The summed E-state index contributed by atoms with van der Waals surface area (Å²) >= 11 is 3.36. The SMILES string of the molecule is COc1ccc(Br)c(C(=O)Nc2cc(C)nn2-c2ccc([N+](=O)[O-])cc2)c1. The number of ether oxygens (including phenoxy) is 1. The van der Waals surface area contributed by atoms with E-state index in [1.165, 1.54) is 23.9 Å². The molecule has 0 aliphatic rings. The fourth-order valence-electron chi connectivity index (χ4n) is 2.49. The van der Waals surface area contributed by atoms with Gasteiger partial charge in [0.05, 0.1) is 29.0 Å². The van der Waals surface area contributed by atoms with Gasteiger partial charge >= 0.3 is 0 Å². The molecule has 0 radical (unpaired) electrons. The van der Waals surface area contributed by atoms with Crippen LogP contribution < -0.4 is 10.1 Å². The van der Waals surface area contributed by atoms with Gasteiger partial charge in [-0.15, -0.1) is 0 Å². The second kappa shape index (κ2) is 7.58. The van der Waals surface area contributed by atoms with Crippen LogP contribution in [0.15, 0.2) is 53.0 Å². The highest BCUT2D eigenvalue weighted by molar-refractivity contribution is 9.10. The molecule has 0 saturated carbocycles. The van der Waals surface area contributed by atoms with E-state index < -0.39 is 4.92 Å². The zero-order chi connectivity index (χ0) is 19.6. The number of carbonyl (C=O) groups excluding carboxylic acids is 1. The molecule has 0 fully saturated rings. The number of amides is 1. The first kappa shape index (κ1) is 18.6. The van der Waals surface area contributed by atoms with Gasteiger partial charge in [-0.3, -0.25) is 14.9 Å². The average molecular weight is 431 g/mol. The number of nitrogens with one attached hydrogen (secondary N) is 1. The van der Waals surface area contributed by atoms with Crippen LogP contribution in [0.4, 0.5) is 11.5 Å². The molecule has 1 amide bonds. The third kappa shape index (κ3) is 3.98. The zero-order valence-corrected chi connectivity index (χ0v) is 16.1. The molecule has 1 aromatic heterocycles. The molecule has 0 spiro atoms. The Bertz CT molecular complexity index is 1010. The lowest BCUT2D eigenvalue weighted by molar-refractivity contribution is -0.384. The van der Waals surface area contributed by atoms with Gasteiger partial charge in [-0.1, -0.05) is 0 Å². The Morgan fingerprint density at radius 2 is 1.93 bits per heavy atom. The molecule has 8 nitrogen and oxygen atoms in total. The predicted octanol–water partition coefficient (Wildman–Crippen LogP) is 4.11. The Hall–Kier alpha value is -3.20. The summed E-state index contributed by atoms with van der Waals surface area (Å²) < 4.78 is 7.31. The summed E-state index contributed by atoms with van der Waals surface area (Å²) in [4.78, 5) is 23.1. The first-order valence-electron chi connectivity index (χ1n) is 7.85. The van der Waals surface area contributed by atoms with Crippen LogP contribution in [-0.2, 0) is 0 Å². The number of nitro groups is 1. The fourth-order valence-corrected chi connectivity index (χ4v) is 2.92. The largest absolute Gasteiger partial charge is 0.497 e. The van der Waals surface area contributed by atoms with Crippen molar-refractivity contribution in [2.75, 3.05) is 12.4 Å². The van der Waals surface area contributed by atoms with Gasteiger partial charge < -0.3 is 10.1 Å². The van der Waals surface area contributed by atoms with Crippen molar-refractivity contribution in [2.45, 2.75) is 6.92 Å². The molecule has 2 aromatic carbocycles. The van der Waals surface area contributed by atoms with Gasteiger partial charge in [0.1, 0.15) is 11.6 Å². The summed E-state index contributed by atoms with van der Waals surface area (Å²) in [6, 6.07) is 12.7. The molecule has 0 aliphatic carbocycles. The summed E-state index contributed by atoms with van der Waals surface area (Å²) in [6.07, 6.45) is 0. The summed E-state index contributed by atoms with van der Waals surface area (Å²) in [5, 5.41) is 18.0. The van der Waals surface area contributed by atoms with E-state index in [2.05, 4.69) is 26.3 Å². The van der Waals surface area contributed by atoms with E-state index >= 15 is 0 Å². The number of aromatic nitrogens is 2. The number of halogens is 1. The molecule has 0 saturated heterocycles. The van der Waals surface area contributed by atoms with Crippen molar-refractivity contribution in [1.29, 1.82) is 0 Å².